The van der Waals surface area contributed by atoms with Crippen LogP contribution < -0.4 is 9.47 Å². The van der Waals surface area contributed by atoms with Gasteiger partial charge in [0.2, 0.25) is 17.7 Å². The molecule has 0 amide bonds. The van der Waals surface area contributed by atoms with Gasteiger partial charge in [-0.15, -0.1) is 0 Å². The fourth-order valence-electron chi connectivity index (χ4n) is 2.88. The van der Waals surface area contributed by atoms with Crippen LogP contribution in [0.5, 0.6) is 11.5 Å². The lowest BCUT2D eigenvalue weighted by molar-refractivity contribution is -0.0357. The summed E-state index contributed by atoms with van der Waals surface area (Å²) >= 11 is 0. The van der Waals surface area contributed by atoms with Gasteiger partial charge in [0.05, 0.1) is 5.56 Å². The molecule has 0 spiro atoms. The maximum atomic E-state index is 13.6. The van der Waals surface area contributed by atoms with Gasteiger partial charge in [-0.1, -0.05) is 18.2 Å². The first-order valence-electron chi connectivity index (χ1n) is 8.50. The summed E-state index contributed by atoms with van der Waals surface area (Å²) in [5.74, 6) is -4.34. The topological polar surface area (TPSA) is 146 Å². The summed E-state index contributed by atoms with van der Waals surface area (Å²) in [6.07, 6.45) is -3.62. The molecule has 1 aromatic carbocycles. The molecule has 1 N–H and O–H groups in total. The second-order valence-corrected chi connectivity index (χ2v) is 7.91. The van der Waals surface area contributed by atoms with Crippen LogP contribution in [0.25, 0.3) is 11.2 Å². The third-order valence-electron chi connectivity index (χ3n) is 4.40. The van der Waals surface area contributed by atoms with Gasteiger partial charge in [-0.3, -0.25) is 4.55 Å². The molecule has 1 atom stereocenters. The van der Waals surface area contributed by atoms with E-state index in [2.05, 4.69) is 4.74 Å². The monoisotopic (exact) mass is 474 g/mol. The van der Waals surface area contributed by atoms with E-state index in [0.717, 1.165) is 0 Å². The van der Waals surface area contributed by atoms with E-state index in [-0.39, 0.29) is 16.9 Å². The highest BCUT2D eigenvalue weighted by Crippen LogP contribution is 2.52. The number of rotatable bonds is 7. The molecule has 1 unspecified atom stereocenters. The quantitative estimate of drug-likeness (QED) is 0.308. The Morgan fingerprint density at radius 1 is 1.12 bits per heavy atom. The number of halogens is 3. The molecule has 14 heteroatoms. The zero-order valence-electron chi connectivity index (χ0n) is 15.3. The molecule has 3 aromatic rings. The van der Waals surface area contributed by atoms with Gasteiger partial charge in [-0.05, 0) is 12.1 Å². The summed E-state index contributed by atoms with van der Waals surface area (Å²) in [5, 5.41) is -5.26. The van der Waals surface area contributed by atoms with E-state index >= 15 is 0 Å². The van der Waals surface area contributed by atoms with Crippen LogP contribution in [0.15, 0.2) is 34.7 Å². The molecule has 168 valence electrons. The standard InChI is InChI=1S/C18H9F3O10S/c19-8(18(20,21)32(25,26)27)6-28-16(23)9-10-12-14(31-17(10)24)13(11(9)29-12)30-15(22)7-4-2-1-3-5-7/h1-5,8H,6H2,(H,25,26,27). The molecule has 0 saturated heterocycles. The molecule has 0 fully saturated rings. The number of hydrogen-bond donors (Lipinski definition) is 1. The molecule has 2 aromatic heterocycles. The van der Waals surface area contributed by atoms with Crippen molar-refractivity contribution in [3.8, 4) is 11.5 Å². The Bertz CT molecular complexity index is 1350. The average molecular weight is 474 g/mol. The molecule has 1 aliphatic rings. The fraction of sp³-hybridized carbons (Fsp3) is 0.167. The minimum Gasteiger partial charge on any atom is -0.459 e. The zero-order chi connectivity index (χ0) is 23.4. The number of esters is 3. The van der Waals surface area contributed by atoms with Crippen LogP contribution in [0.2, 0.25) is 0 Å². The van der Waals surface area contributed by atoms with Crippen molar-refractivity contribution in [3.63, 3.8) is 0 Å². The Labute approximate surface area is 175 Å². The first-order chi connectivity index (χ1) is 14.9. The molecule has 3 heterocycles. The van der Waals surface area contributed by atoms with Crippen LogP contribution in [0.3, 0.4) is 0 Å². The van der Waals surface area contributed by atoms with Crippen LogP contribution in [0.1, 0.15) is 31.1 Å². The fourth-order valence-corrected chi connectivity index (χ4v) is 3.27. The van der Waals surface area contributed by atoms with Crippen molar-refractivity contribution in [2.24, 2.45) is 0 Å². The molecule has 0 radical (unpaired) electrons. The molecular weight excluding hydrogens is 465 g/mol. The van der Waals surface area contributed by atoms with Gasteiger partial charge in [-0.25, -0.2) is 18.8 Å². The lowest BCUT2D eigenvalue weighted by Crippen LogP contribution is -2.41. The number of ether oxygens (including phenoxy) is 3. The number of hydrogen-bond acceptors (Lipinski definition) is 9. The highest BCUT2D eigenvalue weighted by Gasteiger charge is 2.53. The van der Waals surface area contributed by atoms with Crippen molar-refractivity contribution in [3.05, 3.63) is 47.0 Å². The Hall–Kier alpha value is -3.65. The maximum absolute atomic E-state index is 13.6. The highest BCUT2D eigenvalue weighted by molar-refractivity contribution is 7.86. The number of fused-ring (bicyclic) bond motifs is 1. The van der Waals surface area contributed by atoms with Crippen molar-refractivity contribution in [2.75, 3.05) is 6.61 Å². The summed E-state index contributed by atoms with van der Waals surface area (Å²) in [6.45, 7) is -1.80. The van der Waals surface area contributed by atoms with Crippen molar-refractivity contribution in [1.82, 2.24) is 0 Å². The van der Waals surface area contributed by atoms with E-state index in [1.807, 2.05) is 0 Å². The van der Waals surface area contributed by atoms with E-state index in [4.69, 9.17) is 18.4 Å². The molecular formula is C18H9F3O10S. The molecule has 4 rings (SSSR count). The summed E-state index contributed by atoms with van der Waals surface area (Å²) < 4.78 is 89.4. The van der Waals surface area contributed by atoms with Crippen molar-refractivity contribution >= 4 is 39.2 Å². The number of carbonyl (C=O) groups is 3. The van der Waals surface area contributed by atoms with E-state index in [0.29, 0.717) is 0 Å². The molecule has 2 bridgehead atoms. The Kier molecular flexibility index (Phi) is 4.86. The third-order valence-corrected chi connectivity index (χ3v) is 5.35. The smallest absolute Gasteiger partial charge is 0.403 e. The highest BCUT2D eigenvalue weighted by atomic mass is 32.2. The molecule has 0 saturated carbocycles. The number of furan rings is 2. The van der Waals surface area contributed by atoms with Crippen LogP contribution in [0.4, 0.5) is 13.2 Å². The van der Waals surface area contributed by atoms with Gasteiger partial charge in [0.15, 0.2) is 11.2 Å². The minimum atomic E-state index is -6.13. The van der Waals surface area contributed by atoms with Crippen LogP contribution >= 0.6 is 0 Å². The Balaban J connectivity index is 1.61. The van der Waals surface area contributed by atoms with E-state index in [9.17, 15) is 36.0 Å². The number of carbonyl (C=O) groups excluding carboxylic acids is 3. The lowest BCUT2D eigenvalue weighted by Gasteiger charge is -2.17. The predicted octanol–water partition coefficient (Wildman–Crippen LogP) is 2.60. The van der Waals surface area contributed by atoms with Gasteiger partial charge in [0.1, 0.15) is 17.7 Å². The lowest BCUT2D eigenvalue weighted by atomic mass is 10.1. The summed E-state index contributed by atoms with van der Waals surface area (Å²) in [7, 11) is -6.13. The van der Waals surface area contributed by atoms with Crippen molar-refractivity contribution in [2.45, 2.75) is 11.4 Å². The predicted molar refractivity (Wildman–Crippen MR) is 95.4 cm³/mol. The number of benzene rings is 2. The Morgan fingerprint density at radius 3 is 2.41 bits per heavy atom. The Morgan fingerprint density at radius 2 is 1.78 bits per heavy atom. The molecule has 32 heavy (non-hydrogen) atoms. The van der Waals surface area contributed by atoms with Crippen LogP contribution in [0, 0.1) is 0 Å². The molecule has 0 aliphatic carbocycles. The largest absolute Gasteiger partial charge is 0.459 e. The van der Waals surface area contributed by atoms with Crippen molar-refractivity contribution < 1.29 is 59.2 Å². The first-order valence-corrected chi connectivity index (χ1v) is 9.94. The zero-order valence-corrected chi connectivity index (χ0v) is 16.2. The van der Waals surface area contributed by atoms with Crippen LogP contribution in [-0.2, 0) is 14.9 Å². The van der Waals surface area contributed by atoms with Gasteiger partial charge in [0.25, 0.3) is 0 Å². The normalized spacial score (nSPS) is 14.4. The van der Waals surface area contributed by atoms with E-state index in [1.165, 1.54) is 12.1 Å². The summed E-state index contributed by atoms with van der Waals surface area (Å²) in [5.41, 5.74) is -1.84. The minimum absolute atomic E-state index is 0.0966. The second-order valence-electron chi connectivity index (χ2n) is 6.42. The summed E-state index contributed by atoms with van der Waals surface area (Å²) in [6, 6.07) is 7.54. The molecule has 1 aliphatic heterocycles. The van der Waals surface area contributed by atoms with Gasteiger partial charge >= 0.3 is 33.3 Å². The second kappa shape index (κ2) is 7.20. The van der Waals surface area contributed by atoms with Gasteiger partial charge in [0, 0.05) is 0 Å². The maximum Gasteiger partial charge on any atom is 0.403 e. The van der Waals surface area contributed by atoms with Gasteiger partial charge in [-0.2, -0.15) is 17.2 Å². The third kappa shape index (κ3) is 3.23. The SMILES string of the molecule is O=C(Oc1c2c3oc1c(C(=O)OCC(F)C(F)(F)S(=O)(=O)O)c3C(=O)O2)c1ccccc1. The summed E-state index contributed by atoms with van der Waals surface area (Å²) in [4.78, 5) is 36.7. The van der Waals surface area contributed by atoms with Crippen LogP contribution in [-0.4, -0.2) is 48.9 Å². The first kappa shape index (κ1) is 21.6. The molecule has 10 nitrogen and oxygen atoms in total. The number of alkyl halides is 3. The van der Waals surface area contributed by atoms with Crippen molar-refractivity contribution in [1.29, 1.82) is 0 Å². The van der Waals surface area contributed by atoms with E-state index in [1.54, 1.807) is 18.2 Å². The average Bonchev–Trinajstić information content (AvgIpc) is 3.35. The van der Waals surface area contributed by atoms with Gasteiger partial charge < -0.3 is 18.6 Å². The van der Waals surface area contributed by atoms with E-state index < -0.39 is 68.5 Å².